The van der Waals surface area contributed by atoms with Gasteiger partial charge in [-0.2, -0.15) is 0 Å². The molecule has 4 heteroatoms. The number of rotatable bonds is 3. The predicted octanol–water partition coefficient (Wildman–Crippen LogP) is 2.76. The van der Waals surface area contributed by atoms with E-state index in [-0.39, 0.29) is 17.6 Å². The molecule has 0 saturated carbocycles. The molecule has 3 atom stereocenters. The maximum atomic E-state index is 10.4. The summed E-state index contributed by atoms with van der Waals surface area (Å²) in [5.41, 5.74) is 2.52. The molecule has 0 aromatic heterocycles. The molecule has 1 aromatic rings. The summed E-state index contributed by atoms with van der Waals surface area (Å²) >= 11 is 0. The number of fused-ring (bicyclic) bond motifs is 1. The van der Waals surface area contributed by atoms with E-state index in [2.05, 4.69) is 36.9 Å². The number of aliphatic hydroxyl groups excluding tert-OH is 1. The van der Waals surface area contributed by atoms with Gasteiger partial charge < -0.3 is 14.6 Å². The second kappa shape index (κ2) is 6.32. The molecule has 24 heavy (non-hydrogen) atoms. The van der Waals surface area contributed by atoms with Gasteiger partial charge in [0.25, 0.3) is 0 Å². The van der Waals surface area contributed by atoms with Crippen LogP contribution in [0, 0.1) is 5.92 Å². The lowest BCUT2D eigenvalue weighted by atomic mass is 9.89. The zero-order valence-electron chi connectivity index (χ0n) is 14.8. The Bertz CT molecular complexity index is 601. The van der Waals surface area contributed by atoms with Crippen molar-refractivity contribution in [2.45, 2.75) is 63.8 Å². The number of ether oxygens (including phenoxy) is 2. The third kappa shape index (κ3) is 3.07. The number of para-hydroxylation sites is 1. The van der Waals surface area contributed by atoms with Crippen molar-refractivity contribution in [2.75, 3.05) is 19.8 Å². The normalized spacial score (nSPS) is 32.5. The van der Waals surface area contributed by atoms with E-state index in [0.29, 0.717) is 19.3 Å². The first kappa shape index (κ1) is 16.4. The molecule has 3 aliphatic rings. The second-order valence-corrected chi connectivity index (χ2v) is 8.22. The number of hydrogen-bond donors (Lipinski definition) is 1. The minimum atomic E-state index is -0.221. The zero-order valence-corrected chi connectivity index (χ0v) is 14.8. The monoisotopic (exact) mass is 331 g/mol. The van der Waals surface area contributed by atoms with Gasteiger partial charge in [0.15, 0.2) is 0 Å². The molecule has 0 radical (unpaired) electrons. The summed E-state index contributed by atoms with van der Waals surface area (Å²) in [6.45, 7) is 7.71. The van der Waals surface area contributed by atoms with Crippen LogP contribution >= 0.6 is 0 Å². The third-order valence-electron chi connectivity index (χ3n) is 5.82. The van der Waals surface area contributed by atoms with Gasteiger partial charge in [-0.15, -0.1) is 0 Å². The maximum absolute atomic E-state index is 10.4. The van der Waals surface area contributed by atoms with Crippen molar-refractivity contribution in [3.63, 3.8) is 0 Å². The molecule has 0 bridgehead atoms. The molecule has 1 N–H and O–H groups in total. The smallest absolute Gasteiger partial charge is 0.127 e. The summed E-state index contributed by atoms with van der Waals surface area (Å²) in [4.78, 5) is 2.53. The number of nitrogens with zero attached hydrogens (tertiary/aromatic N) is 1. The highest BCUT2D eigenvalue weighted by atomic mass is 16.5. The fourth-order valence-corrected chi connectivity index (χ4v) is 4.67. The minimum absolute atomic E-state index is 0.101. The first-order valence-corrected chi connectivity index (χ1v) is 9.33. The van der Waals surface area contributed by atoms with Crippen molar-refractivity contribution in [3.05, 3.63) is 29.3 Å². The van der Waals surface area contributed by atoms with E-state index >= 15 is 0 Å². The van der Waals surface area contributed by atoms with Crippen molar-refractivity contribution >= 4 is 0 Å². The lowest BCUT2D eigenvalue weighted by molar-refractivity contribution is -0.0636. The molecule has 0 spiro atoms. The SMILES string of the molecule is CC1(C)Cc2cccc(CN3CCC[C@@H]3[C@@H]3COCC[C@H]3O)c2O1. The van der Waals surface area contributed by atoms with E-state index in [1.807, 2.05) is 0 Å². The zero-order chi connectivity index (χ0) is 16.7. The van der Waals surface area contributed by atoms with Crippen LogP contribution in [0.25, 0.3) is 0 Å². The number of hydrogen-bond acceptors (Lipinski definition) is 4. The fraction of sp³-hybridized carbons (Fsp3) is 0.700. The summed E-state index contributed by atoms with van der Waals surface area (Å²) in [5.74, 6) is 1.34. The van der Waals surface area contributed by atoms with Crippen LogP contribution in [0.4, 0.5) is 0 Å². The molecule has 2 fully saturated rings. The maximum Gasteiger partial charge on any atom is 0.127 e. The molecule has 4 rings (SSSR count). The van der Waals surface area contributed by atoms with Gasteiger partial charge in [0.2, 0.25) is 0 Å². The Morgan fingerprint density at radius 3 is 3.00 bits per heavy atom. The van der Waals surface area contributed by atoms with Crippen molar-refractivity contribution in [1.82, 2.24) is 4.90 Å². The van der Waals surface area contributed by atoms with Gasteiger partial charge in [0.1, 0.15) is 11.4 Å². The summed E-state index contributed by atoms with van der Waals surface area (Å²) in [5, 5.41) is 10.4. The fourth-order valence-electron chi connectivity index (χ4n) is 4.67. The van der Waals surface area contributed by atoms with Crippen molar-refractivity contribution < 1.29 is 14.6 Å². The molecule has 3 heterocycles. The average Bonchev–Trinajstić information content (AvgIpc) is 3.11. The molecule has 0 aliphatic carbocycles. The van der Waals surface area contributed by atoms with Crippen molar-refractivity contribution in [2.24, 2.45) is 5.92 Å². The van der Waals surface area contributed by atoms with Gasteiger partial charge in [-0.05, 0) is 45.2 Å². The molecule has 4 nitrogen and oxygen atoms in total. The van der Waals surface area contributed by atoms with Gasteiger partial charge in [0, 0.05) is 37.1 Å². The Hall–Kier alpha value is -1.10. The van der Waals surface area contributed by atoms with Crippen LogP contribution in [0.5, 0.6) is 5.75 Å². The summed E-state index contributed by atoms with van der Waals surface area (Å²) in [6.07, 6.45) is 3.89. The Kier molecular flexibility index (Phi) is 4.31. The Labute approximate surface area is 144 Å². The van der Waals surface area contributed by atoms with Crippen LogP contribution < -0.4 is 4.74 Å². The predicted molar refractivity (Wildman–Crippen MR) is 93.2 cm³/mol. The third-order valence-corrected chi connectivity index (χ3v) is 5.82. The van der Waals surface area contributed by atoms with Gasteiger partial charge >= 0.3 is 0 Å². The topological polar surface area (TPSA) is 41.9 Å². The summed E-state index contributed by atoms with van der Waals surface area (Å²) < 4.78 is 11.9. The highest BCUT2D eigenvalue weighted by Crippen LogP contribution is 2.39. The van der Waals surface area contributed by atoms with Crippen LogP contribution in [-0.2, 0) is 17.7 Å². The van der Waals surface area contributed by atoms with E-state index in [9.17, 15) is 5.11 Å². The van der Waals surface area contributed by atoms with Crippen molar-refractivity contribution in [3.8, 4) is 5.75 Å². The quantitative estimate of drug-likeness (QED) is 0.925. The summed E-state index contributed by atoms with van der Waals surface area (Å²) in [7, 11) is 0. The number of benzene rings is 1. The molecule has 3 aliphatic heterocycles. The second-order valence-electron chi connectivity index (χ2n) is 8.22. The van der Waals surface area contributed by atoms with Crippen molar-refractivity contribution in [1.29, 1.82) is 0 Å². The van der Waals surface area contributed by atoms with Crippen LogP contribution in [0.3, 0.4) is 0 Å². The van der Waals surface area contributed by atoms with Crippen LogP contribution in [0.15, 0.2) is 18.2 Å². The highest BCUT2D eigenvalue weighted by Gasteiger charge is 2.38. The van der Waals surface area contributed by atoms with E-state index in [1.54, 1.807) is 0 Å². The Morgan fingerprint density at radius 1 is 1.29 bits per heavy atom. The molecular formula is C20H29NO3. The molecule has 0 amide bonds. The van der Waals surface area contributed by atoms with Gasteiger partial charge in [-0.3, -0.25) is 4.90 Å². The first-order chi connectivity index (χ1) is 11.5. The minimum Gasteiger partial charge on any atom is -0.487 e. The molecular weight excluding hydrogens is 302 g/mol. The lowest BCUT2D eigenvalue weighted by Gasteiger charge is -2.37. The summed E-state index contributed by atoms with van der Waals surface area (Å²) in [6, 6.07) is 6.96. The van der Waals surface area contributed by atoms with Crippen LogP contribution in [0.1, 0.15) is 44.2 Å². The van der Waals surface area contributed by atoms with Gasteiger partial charge in [-0.1, -0.05) is 18.2 Å². The van der Waals surface area contributed by atoms with Gasteiger partial charge in [0.05, 0.1) is 12.7 Å². The van der Waals surface area contributed by atoms with Crippen LogP contribution in [-0.4, -0.2) is 47.5 Å². The molecule has 132 valence electrons. The Morgan fingerprint density at radius 2 is 2.17 bits per heavy atom. The van der Waals surface area contributed by atoms with E-state index in [0.717, 1.165) is 38.1 Å². The average molecular weight is 331 g/mol. The molecule has 2 saturated heterocycles. The highest BCUT2D eigenvalue weighted by molar-refractivity contribution is 5.45. The number of aliphatic hydroxyl groups is 1. The van der Waals surface area contributed by atoms with E-state index in [1.165, 1.54) is 17.5 Å². The first-order valence-electron chi connectivity index (χ1n) is 9.33. The number of likely N-dealkylation sites (tertiary alicyclic amines) is 1. The van der Waals surface area contributed by atoms with E-state index < -0.39 is 0 Å². The largest absolute Gasteiger partial charge is 0.487 e. The van der Waals surface area contributed by atoms with Crippen LogP contribution in [0.2, 0.25) is 0 Å². The van der Waals surface area contributed by atoms with Gasteiger partial charge in [-0.25, -0.2) is 0 Å². The molecule has 0 unspecified atom stereocenters. The molecule has 1 aromatic carbocycles. The standard InChI is InChI=1S/C20H29NO3/c1-20(2)11-14-5-3-6-15(19(14)24-20)12-21-9-4-7-17(21)16-13-23-10-8-18(16)22/h3,5-6,16-18,22H,4,7-13H2,1-2H3/t16-,17+,18+/m0/s1. The lowest BCUT2D eigenvalue weighted by Crippen LogP contribution is -2.45. The van der Waals surface area contributed by atoms with E-state index in [4.69, 9.17) is 9.47 Å². The Balaban J connectivity index is 1.52.